The predicted octanol–water partition coefficient (Wildman–Crippen LogP) is 3.90. The van der Waals surface area contributed by atoms with Gasteiger partial charge in [0.25, 0.3) is 0 Å². The SMILES string of the molecule is CCN/C(=C\N)COc1ccc(C2=C3C(C)=CC(C)=[N+]3B(F)n3c(C)cc(C)c32)cc1. The van der Waals surface area contributed by atoms with Crippen molar-refractivity contribution in [1.82, 2.24) is 9.79 Å². The summed E-state index contributed by atoms with van der Waals surface area (Å²) in [4.78, 5) is 0. The summed E-state index contributed by atoms with van der Waals surface area (Å²) in [6.45, 7) is 11.2. The molecule has 7 heteroatoms. The number of ether oxygens (including phenoxy) is 1. The predicted molar refractivity (Wildman–Crippen MR) is 125 cm³/mol. The quantitative estimate of drug-likeness (QED) is 0.699. The maximum absolute atomic E-state index is 15.6. The van der Waals surface area contributed by atoms with Crippen LogP contribution in [0.2, 0.25) is 0 Å². The first-order chi connectivity index (χ1) is 14.9. The molecule has 0 aliphatic carbocycles. The van der Waals surface area contributed by atoms with Gasteiger partial charge in [-0.15, -0.1) is 0 Å². The molecule has 0 saturated carbocycles. The van der Waals surface area contributed by atoms with E-state index in [2.05, 4.69) is 17.5 Å². The standard InChI is InChI=1S/C24H29BFN4O/c1-6-28-20(13-27)14-31-21-9-7-19(8-10-21)22-23-15(2)11-17(4)29(23)25(26)30-18(5)12-16(3)24(22)30/h7-13,28H,6,14,27H2,1-5H3/q+1/b20-13-. The fraction of sp³-hybridized carbons (Fsp3) is 0.292. The molecule has 2 aromatic rings. The molecule has 0 saturated heterocycles. The van der Waals surface area contributed by atoms with E-state index in [1.54, 1.807) is 8.96 Å². The van der Waals surface area contributed by atoms with Crippen LogP contribution < -0.4 is 15.8 Å². The van der Waals surface area contributed by atoms with E-state index >= 15 is 4.32 Å². The zero-order chi connectivity index (χ0) is 22.3. The van der Waals surface area contributed by atoms with Gasteiger partial charge < -0.3 is 15.8 Å². The van der Waals surface area contributed by atoms with Crippen LogP contribution in [-0.2, 0) is 0 Å². The molecule has 1 aromatic carbocycles. The maximum atomic E-state index is 15.6. The molecule has 3 heterocycles. The minimum absolute atomic E-state index is 0.381. The Morgan fingerprint density at radius 3 is 2.58 bits per heavy atom. The van der Waals surface area contributed by atoms with Gasteiger partial charge in [0.15, 0.2) is 11.4 Å². The van der Waals surface area contributed by atoms with E-state index in [0.717, 1.165) is 63.1 Å². The first-order valence-electron chi connectivity index (χ1n) is 10.6. The third-order valence-electron chi connectivity index (χ3n) is 5.88. The molecular formula is C24H29BFN4O+. The largest absolute Gasteiger partial charge is 0.846 e. The fourth-order valence-electron chi connectivity index (χ4n) is 4.58. The van der Waals surface area contributed by atoms with Crippen molar-refractivity contribution in [3.63, 3.8) is 0 Å². The molecule has 0 bridgehead atoms. The minimum atomic E-state index is -1.24. The van der Waals surface area contributed by atoms with Crippen molar-refractivity contribution in [1.29, 1.82) is 0 Å². The number of hydrogen-bond acceptors (Lipinski definition) is 3. The normalized spacial score (nSPS) is 15.9. The number of likely N-dealkylation sites (N-methyl/N-ethyl adjacent to an activating group) is 1. The number of fused-ring (bicyclic) bond motifs is 2. The van der Waals surface area contributed by atoms with Gasteiger partial charge in [0.05, 0.1) is 17.0 Å². The monoisotopic (exact) mass is 419 g/mol. The second kappa shape index (κ2) is 8.14. The summed E-state index contributed by atoms with van der Waals surface area (Å²) in [5, 5.41) is 3.17. The van der Waals surface area contributed by atoms with Crippen molar-refractivity contribution < 1.29 is 13.5 Å². The number of benzene rings is 1. The highest BCUT2D eigenvalue weighted by Crippen LogP contribution is 2.40. The first kappa shape index (κ1) is 21.0. The van der Waals surface area contributed by atoms with Gasteiger partial charge in [-0.1, -0.05) is 12.1 Å². The number of allylic oxidation sites excluding steroid dienone is 2. The van der Waals surface area contributed by atoms with Crippen LogP contribution in [0.1, 0.15) is 43.3 Å². The Balaban J connectivity index is 1.76. The van der Waals surface area contributed by atoms with E-state index in [0.29, 0.717) is 6.61 Å². The van der Waals surface area contributed by atoms with Gasteiger partial charge in [-0.25, -0.2) is 8.80 Å². The molecule has 0 amide bonds. The molecular weight excluding hydrogens is 390 g/mol. The van der Waals surface area contributed by atoms with Crippen LogP contribution in [0.25, 0.3) is 5.57 Å². The molecule has 2 aliphatic heterocycles. The lowest BCUT2D eigenvalue weighted by molar-refractivity contribution is -0.336. The highest BCUT2D eigenvalue weighted by molar-refractivity contribution is 6.43. The summed E-state index contributed by atoms with van der Waals surface area (Å²) in [7, 11) is -1.24. The second-order valence-corrected chi connectivity index (χ2v) is 8.10. The lowest BCUT2D eigenvalue weighted by atomic mass is 9.87. The molecule has 0 spiro atoms. The average molecular weight is 419 g/mol. The lowest BCUT2D eigenvalue weighted by Crippen LogP contribution is -2.40. The number of hydrogen-bond donors (Lipinski definition) is 2. The minimum Gasteiger partial charge on any atom is -0.487 e. The molecule has 0 fully saturated rings. The van der Waals surface area contributed by atoms with E-state index in [4.69, 9.17) is 10.5 Å². The van der Waals surface area contributed by atoms with Crippen LogP contribution in [0.5, 0.6) is 5.75 Å². The molecule has 160 valence electrons. The second-order valence-electron chi connectivity index (χ2n) is 8.10. The zero-order valence-electron chi connectivity index (χ0n) is 18.8. The van der Waals surface area contributed by atoms with Gasteiger partial charge in [-0.2, -0.15) is 0 Å². The van der Waals surface area contributed by atoms with Gasteiger partial charge in [0.1, 0.15) is 12.4 Å². The van der Waals surface area contributed by atoms with E-state index < -0.39 is 7.26 Å². The van der Waals surface area contributed by atoms with Gasteiger partial charge >= 0.3 is 7.26 Å². The Morgan fingerprint density at radius 1 is 1.23 bits per heavy atom. The van der Waals surface area contributed by atoms with Crippen LogP contribution in [0.4, 0.5) is 4.32 Å². The van der Waals surface area contributed by atoms with Crippen molar-refractivity contribution in [2.45, 2.75) is 34.6 Å². The number of nitrogens with one attached hydrogen (secondary N) is 1. The molecule has 0 radical (unpaired) electrons. The molecule has 1 aromatic heterocycles. The molecule has 31 heavy (non-hydrogen) atoms. The van der Waals surface area contributed by atoms with Gasteiger partial charge in [0.2, 0.25) is 0 Å². The van der Waals surface area contributed by atoms with Crippen LogP contribution in [0.3, 0.4) is 0 Å². The third kappa shape index (κ3) is 3.48. The Kier molecular flexibility index (Phi) is 5.52. The molecule has 5 nitrogen and oxygen atoms in total. The van der Waals surface area contributed by atoms with Crippen molar-refractivity contribution in [2.24, 2.45) is 5.73 Å². The average Bonchev–Trinajstić information content (AvgIpc) is 3.21. The fourth-order valence-corrected chi connectivity index (χ4v) is 4.58. The molecule has 3 N–H and O–H groups in total. The zero-order valence-corrected chi connectivity index (χ0v) is 18.8. The number of aromatic nitrogens is 1. The number of aryl methyl sites for hydroxylation is 2. The molecule has 0 atom stereocenters. The molecule has 0 unspecified atom stereocenters. The van der Waals surface area contributed by atoms with E-state index in [-0.39, 0.29) is 0 Å². The Morgan fingerprint density at radius 2 is 1.94 bits per heavy atom. The van der Waals surface area contributed by atoms with Crippen molar-refractivity contribution in [3.05, 3.63) is 82.1 Å². The van der Waals surface area contributed by atoms with Crippen molar-refractivity contribution in [2.75, 3.05) is 13.2 Å². The van der Waals surface area contributed by atoms with Gasteiger partial charge in [-0.05, 0) is 57.0 Å². The van der Waals surface area contributed by atoms with E-state index in [1.165, 1.54) is 6.20 Å². The highest BCUT2D eigenvalue weighted by atomic mass is 19.1. The summed E-state index contributed by atoms with van der Waals surface area (Å²) in [6.07, 6.45) is 3.58. The summed E-state index contributed by atoms with van der Waals surface area (Å²) >= 11 is 0. The smallest absolute Gasteiger partial charge is 0.487 e. The maximum Gasteiger partial charge on any atom is 0.846 e. The Labute approximate surface area is 183 Å². The van der Waals surface area contributed by atoms with Gasteiger partial charge in [-0.3, -0.25) is 4.48 Å². The highest BCUT2D eigenvalue weighted by Gasteiger charge is 2.51. The summed E-state index contributed by atoms with van der Waals surface area (Å²) in [6, 6.07) is 10.0. The number of nitrogens with zero attached hydrogens (tertiary/aromatic N) is 2. The van der Waals surface area contributed by atoms with Crippen molar-refractivity contribution >= 4 is 18.5 Å². The Hall–Kier alpha value is -3.22. The summed E-state index contributed by atoms with van der Waals surface area (Å²) in [5.74, 6) is 0.757. The number of rotatable bonds is 6. The molecule has 4 rings (SSSR count). The van der Waals surface area contributed by atoms with E-state index in [1.807, 2.05) is 58.9 Å². The summed E-state index contributed by atoms with van der Waals surface area (Å²) < 4.78 is 25.1. The van der Waals surface area contributed by atoms with Crippen molar-refractivity contribution in [3.8, 4) is 5.75 Å². The van der Waals surface area contributed by atoms with Crippen LogP contribution >= 0.6 is 0 Å². The van der Waals surface area contributed by atoms with Crippen LogP contribution in [0, 0.1) is 13.8 Å². The van der Waals surface area contributed by atoms with E-state index in [9.17, 15) is 0 Å². The number of halogens is 1. The third-order valence-corrected chi connectivity index (χ3v) is 5.88. The lowest BCUT2D eigenvalue weighted by Gasteiger charge is -2.22. The first-order valence-corrected chi connectivity index (χ1v) is 10.6. The Bertz CT molecular complexity index is 1150. The van der Waals surface area contributed by atoms with Crippen LogP contribution in [0.15, 0.2) is 59.6 Å². The topological polar surface area (TPSA) is 55.2 Å². The van der Waals surface area contributed by atoms with Gasteiger partial charge in [0, 0.05) is 37.0 Å². The number of nitrogens with two attached hydrogens (primary N) is 1. The molecule has 2 aliphatic rings. The van der Waals surface area contributed by atoms with Crippen LogP contribution in [-0.4, -0.2) is 35.1 Å². The summed E-state index contributed by atoms with van der Waals surface area (Å²) in [5.41, 5.74) is 14.4.